The number of carbonyl (C=O) groups excluding carboxylic acids is 2. The van der Waals surface area contributed by atoms with Crippen molar-refractivity contribution >= 4 is 17.9 Å². The van der Waals surface area contributed by atoms with E-state index in [1.807, 2.05) is 0 Å². The molecule has 136 valence electrons. The highest BCUT2D eigenvalue weighted by atomic mass is 19.1. The average molecular weight is 358 g/mol. The van der Waals surface area contributed by atoms with E-state index in [0.717, 1.165) is 5.56 Å². The first-order chi connectivity index (χ1) is 12.5. The molecular formula is C19H19FN2O4. The molecule has 6 nitrogen and oxygen atoms in total. The van der Waals surface area contributed by atoms with Crippen LogP contribution in [-0.2, 0) is 9.59 Å². The minimum absolute atomic E-state index is 0.0422. The van der Waals surface area contributed by atoms with Crippen LogP contribution in [0.1, 0.15) is 12.5 Å². The van der Waals surface area contributed by atoms with Gasteiger partial charge in [-0.3, -0.25) is 20.4 Å². The van der Waals surface area contributed by atoms with Gasteiger partial charge in [-0.25, -0.2) is 4.39 Å². The summed E-state index contributed by atoms with van der Waals surface area (Å²) in [5.41, 5.74) is 5.22. The summed E-state index contributed by atoms with van der Waals surface area (Å²) in [5, 5.41) is 0. The van der Waals surface area contributed by atoms with Crippen LogP contribution >= 0.6 is 0 Å². The van der Waals surface area contributed by atoms with Crippen molar-refractivity contribution in [1.29, 1.82) is 0 Å². The van der Waals surface area contributed by atoms with Gasteiger partial charge in [0, 0.05) is 6.08 Å². The van der Waals surface area contributed by atoms with E-state index in [0.29, 0.717) is 5.75 Å². The highest BCUT2D eigenvalue weighted by Crippen LogP contribution is 2.17. The van der Waals surface area contributed by atoms with Crippen molar-refractivity contribution in [1.82, 2.24) is 10.9 Å². The van der Waals surface area contributed by atoms with Crippen LogP contribution in [0.15, 0.2) is 54.6 Å². The molecule has 1 atom stereocenters. The SMILES string of the molecule is COc1cccc(/C=C/C(=O)NNC(=O)C(C)Oc2ccccc2F)c1. The van der Waals surface area contributed by atoms with Gasteiger partial charge in [-0.05, 0) is 42.8 Å². The molecule has 0 saturated carbocycles. The van der Waals surface area contributed by atoms with Gasteiger partial charge >= 0.3 is 0 Å². The zero-order valence-corrected chi connectivity index (χ0v) is 14.4. The second-order valence-corrected chi connectivity index (χ2v) is 5.28. The predicted molar refractivity (Wildman–Crippen MR) is 94.8 cm³/mol. The Morgan fingerprint density at radius 3 is 2.62 bits per heavy atom. The van der Waals surface area contributed by atoms with Crippen LogP contribution in [0.3, 0.4) is 0 Å². The molecule has 0 aliphatic carbocycles. The number of benzene rings is 2. The maximum Gasteiger partial charge on any atom is 0.279 e. The molecule has 7 heteroatoms. The number of hydrogen-bond acceptors (Lipinski definition) is 4. The van der Waals surface area contributed by atoms with E-state index in [9.17, 15) is 14.0 Å². The summed E-state index contributed by atoms with van der Waals surface area (Å²) < 4.78 is 23.8. The van der Waals surface area contributed by atoms with Crippen LogP contribution < -0.4 is 20.3 Å². The van der Waals surface area contributed by atoms with Gasteiger partial charge in [-0.1, -0.05) is 24.3 Å². The highest BCUT2D eigenvalue weighted by Gasteiger charge is 2.16. The largest absolute Gasteiger partial charge is 0.497 e. The highest BCUT2D eigenvalue weighted by molar-refractivity contribution is 5.93. The second-order valence-electron chi connectivity index (χ2n) is 5.28. The van der Waals surface area contributed by atoms with Gasteiger partial charge in [-0.2, -0.15) is 0 Å². The lowest BCUT2D eigenvalue weighted by atomic mass is 10.2. The third-order valence-corrected chi connectivity index (χ3v) is 3.34. The quantitative estimate of drug-likeness (QED) is 0.614. The fourth-order valence-corrected chi connectivity index (χ4v) is 1.97. The third kappa shape index (κ3) is 5.62. The fourth-order valence-electron chi connectivity index (χ4n) is 1.97. The number of hydrazine groups is 1. The first kappa shape index (κ1) is 19.0. The summed E-state index contributed by atoms with van der Waals surface area (Å²) >= 11 is 0. The molecule has 0 aliphatic heterocycles. The van der Waals surface area contributed by atoms with Crippen LogP contribution in [0, 0.1) is 5.82 Å². The third-order valence-electron chi connectivity index (χ3n) is 3.34. The molecule has 1 unspecified atom stereocenters. The Labute approximate surface area is 150 Å². The van der Waals surface area contributed by atoms with Crippen molar-refractivity contribution in [2.45, 2.75) is 13.0 Å². The molecule has 0 radical (unpaired) electrons. The first-order valence-corrected chi connectivity index (χ1v) is 7.82. The Morgan fingerprint density at radius 2 is 1.88 bits per heavy atom. The standard InChI is InChI=1S/C19H19FN2O4/c1-13(26-17-9-4-3-8-16(17)20)19(24)22-21-18(23)11-10-14-6-5-7-15(12-14)25-2/h3-13H,1-2H3,(H,21,23)(H,22,24)/b11-10+. The number of halogens is 1. The van der Waals surface area contributed by atoms with Crippen molar-refractivity contribution in [2.24, 2.45) is 0 Å². The molecule has 0 saturated heterocycles. The summed E-state index contributed by atoms with van der Waals surface area (Å²) in [5.74, 6) is -1.09. The Morgan fingerprint density at radius 1 is 1.12 bits per heavy atom. The Kier molecular flexibility index (Phi) is 6.73. The van der Waals surface area contributed by atoms with Crippen LogP contribution in [0.4, 0.5) is 4.39 Å². The van der Waals surface area contributed by atoms with Gasteiger partial charge in [0.25, 0.3) is 11.8 Å². The molecule has 0 aromatic heterocycles. The number of rotatable bonds is 6. The topological polar surface area (TPSA) is 76.7 Å². The maximum absolute atomic E-state index is 13.5. The molecule has 0 spiro atoms. The lowest BCUT2D eigenvalue weighted by molar-refractivity contribution is -0.131. The van der Waals surface area contributed by atoms with E-state index >= 15 is 0 Å². The van der Waals surface area contributed by atoms with E-state index in [1.165, 1.54) is 31.2 Å². The van der Waals surface area contributed by atoms with Crippen molar-refractivity contribution in [3.8, 4) is 11.5 Å². The predicted octanol–water partition coefficient (Wildman–Crippen LogP) is 2.46. The van der Waals surface area contributed by atoms with E-state index in [-0.39, 0.29) is 5.75 Å². The van der Waals surface area contributed by atoms with Gasteiger partial charge in [0.05, 0.1) is 7.11 Å². The molecule has 26 heavy (non-hydrogen) atoms. The number of hydrogen-bond donors (Lipinski definition) is 2. The summed E-state index contributed by atoms with van der Waals surface area (Å²) in [6.45, 7) is 1.44. The molecule has 2 aromatic carbocycles. The molecule has 2 N–H and O–H groups in total. The zero-order chi connectivity index (χ0) is 18.9. The molecule has 2 rings (SSSR count). The lowest BCUT2D eigenvalue weighted by Gasteiger charge is -2.15. The van der Waals surface area contributed by atoms with E-state index < -0.39 is 23.7 Å². The van der Waals surface area contributed by atoms with Crippen LogP contribution in [0.5, 0.6) is 11.5 Å². The molecule has 0 aliphatic rings. The lowest BCUT2D eigenvalue weighted by Crippen LogP contribution is -2.46. The number of amides is 2. The van der Waals surface area contributed by atoms with E-state index in [2.05, 4.69) is 10.9 Å². The first-order valence-electron chi connectivity index (χ1n) is 7.82. The average Bonchev–Trinajstić information content (AvgIpc) is 2.66. The van der Waals surface area contributed by atoms with E-state index in [1.54, 1.807) is 43.5 Å². The Balaban J connectivity index is 1.83. The van der Waals surface area contributed by atoms with Gasteiger partial charge in [0.1, 0.15) is 5.75 Å². The maximum atomic E-state index is 13.5. The van der Waals surface area contributed by atoms with Crippen molar-refractivity contribution in [3.05, 3.63) is 66.0 Å². The zero-order valence-electron chi connectivity index (χ0n) is 14.4. The van der Waals surface area contributed by atoms with Gasteiger partial charge in [0.2, 0.25) is 0 Å². The number of nitrogens with one attached hydrogen (secondary N) is 2. The van der Waals surface area contributed by atoms with Crippen LogP contribution in [-0.4, -0.2) is 25.0 Å². The molecule has 0 heterocycles. The number of methoxy groups -OCH3 is 1. The van der Waals surface area contributed by atoms with Crippen molar-refractivity contribution in [2.75, 3.05) is 7.11 Å². The molecular weight excluding hydrogens is 339 g/mol. The smallest absolute Gasteiger partial charge is 0.279 e. The second kappa shape index (κ2) is 9.22. The molecule has 2 amide bonds. The number of ether oxygens (including phenoxy) is 2. The molecule has 0 bridgehead atoms. The summed E-state index contributed by atoms with van der Waals surface area (Å²) in [4.78, 5) is 23.7. The van der Waals surface area contributed by atoms with Crippen molar-refractivity contribution in [3.63, 3.8) is 0 Å². The Hall–Kier alpha value is -3.35. The molecule has 2 aromatic rings. The number of para-hydroxylation sites is 1. The van der Waals surface area contributed by atoms with Crippen LogP contribution in [0.2, 0.25) is 0 Å². The van der Waals surface area contributed by atoms with Gasteiger partial charge in [0.15, 0.2) is 17.7 Å². The Bertz CT molecular complexity index is 808. The van der Waals surface area contributed by atoms with Gasteiger partial charge < -0.3 is 9.47 Å². The summed E-state index contributed by atoms with van der Waals surface area (Å²) in [6.07, 6.45) is 1.84. The van der Waals surface area contributed by atoms with E-state index in [4.69, 9.17) is 9.47 Å². The number of carbonyl (C=O) groups is 2. The van der Waals surface area contributed by atoms with Gasteiger partial charge in [-0.15, -0.1) is 0 Å². The summed E-state index contributed by atoms with van der Waals surface area (Å²) in [7, 11) is 1.55. The molecule has 0 fully saturated rings. The monoisotopic (exact) mass is 358 g/mol. The van der Waals surface area contributed by atoms with Crippen LogP contribution in [0.25, 0.3) is 6.08 Å². The normalized spacial score (nSPS) is 11.7. The summed E-state index contributed by atoms with van der Waals surface area (Å²) in [6, 6.07) is 12.9. The minimum atomic E-state index is -0.991. The van der Waals surface area contributed by atoms with Crippen molar-refractivity contribution < 1.29 is 23.5 Å². The minimum Gasteiger partial charge on any atom is -0.497 e. The fraction of sp³-hybridized carbons (Fsp3) is 0.158.